The average Bonchev–Trinajstić information content (AvgIpc) is 2.61. The molecule has 0 unspecified atom stereocenters. The van der Waals surface area contributed by atoms with Crippen molar-refractivity contribution in [2.45, 2.75) is 6.92 Å². The van der Waals surface area contributed by atoms with Crippen LogP contribution in [0.15, 0.2) is 46.4 Å². The van der Waals surface area contributed by atoms with Gasteiger partial charge in [-0.25, -0.2) is 0 Å². The highest BCUT2D eigenvalue weighted by Gasteiger charge is 2.13. The van der Waals surface area contributed by atoms with E-state index in [1.807, 2.05) is 25.1 Å². The standard InChI is InChI=1S/C19H17BrN2O3/c1-12-4-6-15(7-5-12)22-19(23)14(11-21)8-13-9-16(20)18(25-3)10-17(13)24-2/h4-10H,1-3H3,(H,22,23)/b14-8+. The van der Waals surface area contributed by atoms with Gasteiger partial charge in [0, 0.05) is 17.3 Å². The first-order chi connectivity index (χ1) is 12.0. The Balaban J connectivity index is 2.33. The van der Waals surface area contributed by atoms with Crippen LogP contribution in [0.1, 0.15) is 11.1 Å². The number of halogens is 1. The molecule has 2 aromatic carbocycles. The average molecular weight is 401 g/mol. The lowest BCUT2D eigenvalue weighted by Gasteiger charge is -2.10. The molecular weight excluding hydrogens is 384 g/mol. The van der Waals surface area contributed by atoms with Crippen LogP contribution in [0.3, 0.4) is 0 Å². The third-order valence-corrected chi connectivity index (χ3v) is 4.10. The molecule has 0 bridgehead atoms. The molecule has 0 saturated heterocycles. The second kappa shape index (κ2) is 8.36. The van der Waals surface area contributed by atoms with Crippen LogP contribution < -0.4 is 14.8 Å². The van der Waals surface area contributed by atoms with Gasteiger partial charge < -0.3 is 14.8 Å². The Morgan fingerprint density at radius 3 is 2.36 bits per heavy atom. The number of carbonyl (C=O) groups excluding carboxylic acids is 1. The predicted octanol–water partition coefficient (Wildman–Crippen LogP) is 4.32. The van der Waals surface area contributed by atoms with E-state index in [1.54, 1.807) is 31.4 Å². The second-order valence-electron chi connectivity index (χ2n) is 5.22. The van der Waals surface area contributed by atoms with Gasteiger partial charge in [0.1, 0.15) is 23.1 Å². The number of anilines is 1. The van der Waals surface area contributed by atoms with Crippen molar-refractivity contribution >= 4 is 33.6 Å². The van der Waals surface area contributed by atoms with E-state index < -0.39 is 5.91 Å². The van der Waals surface area contributed by atoms with Gasteiger partial charge in [-0.3, -0.25) is 4.79 Å². The third-order valence-electron chi connectivity index (χ3n) is 3.48. The van der Waals surface area contributed by atoms with E-state index in [9.17, 15) is 10.1 Å². The molecule has 0 radical (unpaired) electrons. The zero-order valence-electron chi connectivity index (χ0n) is 14.1. The molecule has 25 heavy (non-hydrogen) atoms. The maximum atomic E-state index is 12.4. The first kappa shape index (κ1) is 18.6. The topological polar surface area (TPSA) is 71.3 Å². The van der Waals surface area contributed by atoms with Crippen molar-refractivity contribution in [3.05, 3.63) is 57.6 Å². The summed E-state index contributed by atoms with van der Waals surface area (Å²) in [6, 6.07) is 12.7. The molecule has 0 aliphatic heterocycles. The van der Waals surface area contributed by atoms with Crippen LogP contribution in [0.25, 0.3) is 6.08 Å². The number of methoxy groups -OCH3 is 2. The van der Waals surface area contributed by atoms with Gasteiger partial charge in [0.25, 0.3) is 5.91 Å². The van der Waals surface area contributed by atoms with Crippen LogP contribution in [-0.2, 0) is 4.79 Å². The summed E-state index contributed by atoms with van der Waals surface area (Å²) in [5.41, 5.74) is 2.27. The summed E-state index contributed by atoms with van der Waals surface area (Å²) < 4.78 is 11.2. The van der Waals surface area contributed by atoms with Crippen LogP contribution >= 0.6 is 15.9 Å². The number of hydrogen-bond acceptors (Lipinski definition) is 4. The molecule has 0 heterocycles. The number of nitriles is 1. The lowest BCUT2D eigenvalue weighted by molar-refractivity contribution is -0.112. The van der Waals surface area contributed by atoms with Crippen LogP contribution in [0.4, 0.5) is 5.69 Å². The van der Waals surface area contributed by atoms with Gasteiger partial charge in [-0.15, -0.1) is 0 Å². The predicted molar refractivity (Wildman–Crippen MR) is 101 cm³/mol. The van der Waals surface area contributed by atoms with Crippen LogP contribution in [0.2, 0.25) is 0 Å². The molecule has 6 heteroatoms. The molecule has 2 rings (SSSR count). The Labute approximate surface area is 155 Å². The fourth-order valence-corrected chi connectivity index (χ4v) is 2.66. The molecule has 0 aliphatic carbocycles. The fraction of sp³-hybridized carbons (Fsp3) is 0.158. The number of nitrogens with one attached hydrogen (secondary N) is 1. The van der Waals surface area contributed by atoms with E-state index >= 15 is 0 Å². The van der Waals surface area contributed by atoms with Crippen LogP contribution in [0, 0.1) is 18.3 Å². The maximum absolute atomic E-state index is 12.4. The number of nitrogens with zero attached hydrogens (tertiary/aromatic N) is 1. The number of ether oxygens (including phenoxy) is 2. The SMILES string of the molecule is COc1cc(OC)c(/C=C(\C#N)C(=O)Nc2ccc(C)cc2)cc1Br. The van der Waals surface area contributed by atoms with Gasteiger partial charge in [0.15, 0.2) is 0 Å². The number of carbonyl (C=O) groups is 1. The van der Waals surface area contributed by atoms with Crippen LogP contribution in [0.5, 0.6) is 11.5 Å². The van der Waals surface area contributed by atoms with Crippen molar-refractivity contribution in [3.63, 3.8) is 0 Å². The molecule has 0 aliphatic rings. The number of amides is 1. The van der Waals surface area contributed by atoms with E-state index in [0.717, 1.165) is 5.56 Å². The smallest absolute Gasteiger partial charge is 0.266 e. The summed E-state index contributed by atoms with van der Waals surface area (Å²) in [5, 5.41) is 12.1. The summed E-state index contributed by atoms with van der Waals surface area (Å²) in [6.07, 6.45) is 1.48. The lowest BCUT2D eigenvalue weighted by atomic mass is 10.1. The van der Waals surface area contributed by atoms with Crippen molar-refractivity contribution in [2.75, 3.05) is 19.5 Å². The molecule has 128 valence electrons. The monoisotopic (exact) mass is 400 g/mol. The number of hydrogen-bond donors (Lipinski definition) is 1. The number of rotatable bonds is 5. The van der Waals surface area contributed by atoms with Crippen molar-refractivity contribution in [3.8, 4) is 17.6 Å². The Morgan fingerprint density at radius 1 is 1.16 bits per heavy atom. The van der Waals surface area contributed by atoms with Gasteiger partial charge in [-0.1, -0.05) is 17.7 Å². The zero-order valence-corrected chi connectivity index (χ0v) is 15.7. The summed E-state index contributed by atoms with van der Waals surface area (Å²) in [6.45, 7) is 1.96. The van der Waals surface area contributed by atoms with E-state index in [4.69, 9.17) is 9.47 Å². The normalized spacial score (nSPS) is 10.8. The Bertz CT molecular complexity index is 852. The Kier molecular flexibility index (Phi) is 6.20. The maximum Gasteiger partial charge on any atom is 0.266 e. The highest BCUT2D eigenvalue weighted by Crippen LogP contribution is 2.34. The largest absolute Gasteiger partial charge is 0.496 e. The van der Waals surface area contributed by atoms with Crippen molar-refractivity contribution in [1.82, 2.24) is 0 Å². The van der Waals surface area contributed by atoms with E-state index in [0.29, 0.717) is 27.2 Å². The van der Waals surface area contributed by atoms with Crippen molar-refractivity contribution < 1.29 is 14.3 Å². The number of aryl methyl sites for hydroxylation is 1. The third kappa shape index (κ3) is 4.61. The van der Waals surface area contributed by atoms with Gasteiger partial charge in [-0.2, -0.15) is 5.26 Å². The molecule has 2 aromatic rings. The minimum absolute atomic E-state index is 0.0315. The van der Waals surface area contributed by atoms with Gasteiger partial charge >= 0.3 is 0 Å². The molecular formula is C19H17BrN2O3. The molecule has 0 saturated carbocycles. The summed E-state index contributed by atoms with van der Waals surface area (Å²) >= 11 is 3.39. The molecule has 0 spiro atoms. The van der Waals surface area contributed by atoms with Crippen molar-refractivity contribution in [2.24, 2.45) is 0 Å². The van der Waals surface area contributed by atoms with Gasteiger partial charge in [0.2, 0.25) is 0 Å². The minimum Gasteiger partial charge on any atom is -0.496 e. The fourth-order valence-electron chi connectivity index (χ4n) is 2.14. The lowest BCUT2D eigenvalue weighted by Crippen LogP contribution is -2.13. The van der Waals surface area contributed by atoms with Crippen LogP contribution in [-0.4, -0.2) is 20.1 Å². The molecule has 0 atom stereocenters. The second-order valence-corrected chi connectivity index (χ2v) is 6.07. The van der Waals surface area contributed by atoms with E-state index in [2.05, 4.69) is 21.2 Å². The van der Waals surface area contributed by atoms with Gasteiger partial charge in [0.05, 0.1) is 18.7 Å². The van der Waals surface area contributed by atoms with E-state index in [-0.39, 0.29) is 5.57 Å². The van der Waals surface area contributed by atoms with Crippen molar-refractivity contribution in [1.29, 1.82) is 5.26 Å². The first-order valence-electron chi connectivity index (χ1n) is 7.39. The Hall–Kier alpha value is -2.78. The molecule has 5 nitrogen and oxygen atoms in total. The summed E-state index contributed by atoms with van der Waals surface area (Å²) in [5.74, 6) is 0.605. The van der Waals surface area contributed by atoms with E-state index in [1.165, 1.54) is 13.2 Å². The summed E-state index contributed by atoms with van der Waals surface area (Å²) in [7, 11) is 3.06. The van der Waals surface area contributed by atoms with Gasteiger partial charge in [-0.05, 0) is 47.1 Å². The molecule has 1 N–H and O–H groups in total. The molecule has 0 aromatic heterocycles. The Morgan fingerprint density at radius 2 is 1.80 bits per heavy atom. The number of benzene rings is 2. The quantitative estimate of drug-likeness (QED) is 0.599. The highest BCUT2D eigenvalue weighted by atomic mass is 79.9. The molecule has 1 amide bonds. The first-order valence-corrected chi connectivity index (χ1v) is 8.19. The summed E-state index contributed by atoms with van der Waals surface area (Å²) in [4.78, 5) is 12.4. The minimum atomic E-state index is -0.486. The highest BCUT2D eigenvalue weighted by molar-refractivity contribution is 9.10. The zero-order chi connectivity index (χ0) is 18.4. The molecule has 0 fully saturated rings.